The van der Waals surface area contributed by atoms with Crippen LogP contribution in [0.1, 0.15) is 16.2 Å². The summed E-state index contributed by atoms with van der Waals surface area (Å²) < 4.78 is 28.4. The molecule has 0 aliphatic heterocycles. The molecule has 0 aliphatic rings. The summed E-state index contributed by atoms with van der Waals surface area (Å²) >= 11 is 1.42. The fourth-order valence-corrected chi connectivity index (χ4v) is 3.31. The van der Waals surface area contributed by atoms with Gasteiger partial charge in [-0.05, 0) is 24.3 Å². The Balaban J connectivity index is 1.39. The van der Waals surface area contributed by atoms with E-state index in [0.717, 1.165) is 11.1 Å². The molecule has 9 heteroatoms. The zero-order chi connectivity index (χ0) is 18.8. The van der Waals surface area contributed by atoms with Crippen LogP contribution in [0.3, 0.4) is 0 Å². The molecule has 0 saturated heterocycles. The predicted molar refractivity (Wildman–Crippen MR) is 97.3 cm³/mol. The van der Waals surface area contributed by atoms with Crippen LogP contribution in [0.4, 0.5) is 9.52 Å². The smallest absolute Gasteiger partial charge is 0.373 e. The first kappa shape index (κ1) is 17.2. The minimum atomic E-state index is -0.533. The number of nitrogens with zero attached hydrogens (tertiary/aromatic N) is 2. The van der Waals surface area contributed by atoms with Gasteiger partial charge in [0.15, 0.2) is 16.5 Å². The summed E-state index contributed by atoms with van der Waals surface area (Å²) in [7, 11) is 1.30. The molecule has 138 valence electrons. The third-order valence-electron chi connectivity index (χ3n) is 3.90. The van der Waals surface area contributed by atoms with Crippen LogP contribution in [-0.2, 0) is 11.2 Å². The Bertz CT molecular complexity index is 1100. The number of fused-ring (bicyclic) bond motifs is 1. The van der Waals surface area contributed by atoms with Crippen molar-refractivity contribution in [2.75, 3.05) is 19.0 Å². The van der Waals surface area contributed by atoms with E-state index in [0.29, 0.717) is 35.1 Å². The number of aromatic nitrogens is 2. The summed E-state index contributed by atoms with van der Waals surface area (Å²) in [6, 6.07) is 7.58. The maximum Gasteiger partial charge on any atom is 0.373 e. The second kappa shape index (κ2) is 7.20. The lowest BCUT2D eigenvalue weighted by Crippen LogP contribution is -2.05. The van der Waals surface area contributed by atoms with Crippen LogP contribution in [0.2, 0.25) is 0 Å². The van der Waals surface area contributed by atoms with Crippen LogP contribution in [0.15, 0.2) is 44.7 Å². The topological polar surface area (TPSA) is 90.4 Å². The highest BCUT2D eigenvalue weighted by atomic mass is 32.1. The summed E-state index contributed by atoms with van der Waals surface area (Å²) in [4.78, 5) is 15.9. The average molecular weight is 387 g/mol. The zero-order valence-electron chi connectivity index (χ0n) is 14.2. The molecule has 0 spiro atoms. The number of hydrogen-bond acceptors (Lipinski definition) is 8. The molecule has 3 aromatic heterocycles. The molecule has 0 radical (unpaired) electrons. The molecule has 0 bridgehead atoms. The van der Waals surface area contributed by atoms with Gasteiger partial charge in [-0.3, -0.25) is 0 Å². The van der Waals surface area contributed by atoms with E-state index in [1.807, 2.05) is 5.38 Å². The lowest BCUT2D eigenvalue weighted by atomic mass is 10.2. The number of rotatable bonds is 6. The average Bonchev–Trinajstić information content (AvgIpc) is 3.40. The minimum Gasteiger partial charge on any atom is -0.463 e. The Hall–Kier alpha value is -3.20. The number of hydrogen-bond donors (Lipinski definition) is 1. The molecule has 1 N–H and O–H groups in total. The van der Waals surface area contributed by atoms with Gasteiger partial charge in [0, 0.05) is 29.8 Å². The van der Waals surface area contributed by atoms with Gasteiger partial charge in [0.05, 0.1) is 12.8 Å². The fraction of sp³-hybridized carbons (Fsp3) is 0.167. The third kappa shape index (κ3) is 3.54. The number of nitrogens with one attached hydrogen (secondary N) is 1. The van der Waals surface area contributed by atoms with Gasteiger partial charge in [0.2, 0.25) is 5.76 Å². The van der Waals surface area contributed by atoms with Gasteiger partial charge in [-0.25, -0.2) is 14.2 Å². The quantitative estimate of drug-likeness (QED) is 0.498. The van der Waals surface area contributed by atoms with Crippen LogP contribution in [0, 0.1) is 5.82 Å². The number of esters is 1. The highest BCUT2D eigenvalue weighted by Gasteiger charge is 2.14. The fourth-order valence-electron chi connectivity index (χ4n) is 2.59. The maximum absolute atomic E-state index is 13.2. The first-order valence-corrected chi connectivity index (χ1v) is 8.94. The zero-order valence-corrected chi connectivity index (χ0v) is 15.0. The number of carbonyl (C=O) groups is 1. The summed E-state index contributed by atoms with van der Waals surface area (Å²) in [6.45, 7) is 0.581. The van der Waals surface area contributed by atoms with Crippen molar-refractivity contribution in [3.8, 4) is 11.5 Å². The van der Waals surface area contributed by atoms with E-state index in [4.69, 9.17) is 8.94 Å². The number of methoxy groups -OCH3 is 1. The Morgan fingerprint density at radius 3 is 3.07 bits per heavy atom. The first-order valence-electron chi connectivity index (χ1n) is 8.06. The van der Waals surface area contributed by atoms with Crippen LogP contribution in [0.5, 0.6) is 0 Å². The van der Waals surface area contributed by atoms with Gasteiger partial charge in [-0.2, -0.15) is 0 Å². The van der Waals surface area contributed by atoms with E-state index in [-0.39, 0.29) is 11.6 Å². The summed E-state index contributed by atoms with van der Waals surface area (Å²) in [6.07, 6.45) is 0.598. The molecule has 0 amide bonds. The third-order valence-corrected chi connectivity index (χ3v) is 4.70. The van der Waals surface area contributed by atoms with E-state index in [1.54, 1.807) is 18.2 Å². The number of anilines is 1. The monoisotopic (exact) mass is 387 g/mol. The van der Waals surface area contributed by atoms with Crippen molar-refractivity contribution in [2.45, 2.75) is 6.42 Å². The van der Waals surface area contributed by atoms with E-state index >= 15 is 0 Å². The number of carbonyl (C=O) groups excluding carboxylic acids is 1. The Morgan fingerprint density at radius 2 is 2.22 bits per heavy atom. The Labute approximate surface area is 156 Å². The van der Waals surface area contributed by atoms with E-state index in [2.05, 4.69) is 20.2 Å². The largest absolute Gasteiger partial charge is 0.463 e. The molecule has 4 rings (SSSR count). The number of ether oxygens (including phenoxy) is 1. The van der Waals surface area contributed by atoms with Crippen molar-refractivity contribution in [1.82, 2.24) is 10.1 Å². The van der Waals surface area contributed by atoms with Crippen LogP contribution in [-0.4, -0.2) is 29.8 Å². The highest BCUT2D eigenvalue weighted by molar-refractivity contribution is 7.14. The lowest BCUT2D eigenvalue weighted by molar-refractivity contribution is 0.0566. The van der Waals surface area contributed by atoms with E-state index < -0.39 is 5.97 Å². The Morgan fingerprint density at radius 1 is 1.33 bits per heavy atom. The van der Waals surface area contributed by atoms with E-state index in [1.165, 1.54) is 30.6 Å². The standard InChI is InChI=1S/C18H14FN3O4S/c1-24-17(23)15-5-4-14(25-15)13-9-27-18(21-13)20-7-6-12-11-3-2-10(19)8-16(11)26-22-12/h2-5,8-9H,6-7H2,1H3,(H,20,21). The number of thiazole rings is 1. The highest BCUT2D eigenvalue weighted by Crippen LogP contribution is 2.27. The van der Waals surface area contributed by atoms with Crippen molar-refractivity contribution in [1.29, 1.82) is 0 Å². The number of furan rings is 1. The van der Waals surface area contributed by atoms with Gasteiger partial charge in [-0.15, -0.1) is 11.3 Å². The second-order valence-corrected chi connectivity index (χ2v) is 6.50. The molecule has 7 nitrogen and oxygen atoms in total. The lowest BCUT2D eigenvalue weighted by Gasteiger charge is -2.00. The maximum atomic E-state index is 13.2. The van der Waals surface area contributed by atoms with Gasteiger partial charge in [0.1, 0.15) is 11.5 Å². The van der Waals surface area contributed by atoms with E-state index in [9.17, 15) is 9.18 Å². The molecule has 0 aliphatic carbocycles. The van der Waals surface area contributed by atoms with Gasteiger partial charge >= 0.3 is 5.97 Å². The minimum absolute atomic E-state index is 0.129. The molecule has 3 heterocycles. The van der Waals surface area contributed by atoms with Gasteiger partial charge < -0.3 is 19.0 Å². The molecule has 0 unspecified atom stereocenters. The van der Waals surface area contributed by atoms with Crippen LogP contribution in [0.25, 0.3) is 22.4 Å². The SMILES string of the molecule is COC(=O)c1ccc(-c2csc(NCCc3noc4cc(F)ccc34)n2)o1. The van der Waals surface area contributed by atoms with Gasteiger partial charge in [-0.1, -0.05) is 5.16 Å². The molecule has 4 aromatic rings. The number of benzene rings is 1. The summed E-state index contributed by atoms with van der Waals surface area (Å²) in [5.41, 5.74) is 1.81. The van der Waals surface area contributed by atoms with Crippen molar-refractivity contribution in [3.63, 3.8) is 0 Å². The number of halogens is 1. The van der Waals surface area contributed by atoms with Gasteiger partial charge in [0.25, 0.3) is 0 Å². The molecular formula is C18H14FN3O4S. The molecule has 27 heavy (non-hydrogen) atoms. The first-order chi connectivity index (χ1) is 13.1. The second-order valence-electron chi connectivity index (χ2n) is 5.64. The molecule has 1 aromatic carbocycles. The van der Waals surface area contributed by atoms with Crippen molar-refractivity contribution >= 4 is 33.4 Å². The summed E-state index contributed by atoms with van der Waals surface area (Å²) in [5.74, 6) is -0.268. The molecule has 0 fully saturated rings. The van der Waals surface area contributed by atoms with Crippen LogP contribution < -0.4 is 5.32 Å². The normalized spacial score (nSPS) is 11.0. The summed E-state index contributed by atoms with van der Waals surface area (Å²) in [5, 5.41) is 10.5. The van der Waals surface area contributed by atoms with Crippen molar-refractivity contribution in [3.05, 3.63) is 53.0 Å². The molecule has 0 saturated carbocycles. The van der Waals surface area contributed by atoms with Crippen molar-refractivity contribution in [2.24, 2.45) is 0 Å². The van der Waals surface area contributed by atoms with Crippen molar-refractivity contribution < 1.29 is 22.9 Å². The van der Waals surface area contributed by atoms with Crippen LogP contribution >= 0.6 is 11.3 Å². The predicted octanol–water partition coefficient (Wildman–Crippen LogP) is 4.12. The molecular weight excluding hydrogens is 373 g/mol. The Kier molecular flexibility index (Phi) is 4.59. The molecule has 0 atom stereocenters.